The van der Waals surface area contributed by atoms with E-state index in [0.29, 0.717) is 20.9 Å². The second-order valence-corrected chi connectivity index (χ2v) is 5.31. The quantitative estimate of drug-likeness (QED) is 0.612. The van der Waals surface area contributed by atoms with Crippen molar-refractivity contribution in [2.24, 2.45) is 0 Å². The first-order valence-electron chi connectivity index (χ1n) is 5.62. The number of halogens is 2. The molecule has 0 atom stereocenters. The van der Waals surface area contributed by atoms with Crippen molar-refractivity contribution in [3.8, 4) is 0 Å². The van der Waals surface area contributed by atoms with E-state index >= 15 is 0 Å². The molecule has 2 N–H and O–H groups in total. The highest BCUT2D eigenvalue weighted by atomic mass is 79.9. The number of nitro groups is 1. The molecule has 0 aliphatic heterocycles. The number of benzene rings is 2. The third kappa shape index (κ3) is 3.50. The monoisotopic (exact) mass is 370 g/mol. The fourth-order valence-electron chi connectivity index (χ4n) is 1.68. The summed E-state index contributed by atoms with van der Waals surface area (Å²) in [4.78, 5) is 21.1. The van der Waals surface area contributed by atoms with Crippen LogP contribution >= 0.6 is 27.5 Å². The molecule has 0 saturated heterocycles. The van der Waals surface area contributed by atoms with Crippen molar-refractivity contribution in [1.82, 2.24) is 0 Å². The summed E-state index contributed by atoms with van der Waals surface area (Å²) < 4.78 is 0.675. The van der Waals surface area contributed by atoms with Crippen LogP contribution in [0.1, 0.15) is 10.4 Å². The van der Waals surface area contributed by atoms with Gasteiger partial charge in [0.1, 0.15) is 5.56 Å². The Kier molecular flexibility index (Phi) is 4.44. The number of nitrogens with one attached hydrogen (secondary N) is 1. The minimum atomic E-state index is -1.36. The lowest BCUT2D eigenvalue weighted by Crippen LogP contribution is -2.03. The van der Waals surface area contributed by atoms with Crippen molar-refractivity contribution < 1.29 is 14.8 Å². The summed E-state index contributed by atoms with van der Waals surface area (Å²) >= 11 is 9.15. The van der Waals surface area contributed by atoms with Gasteiger partial charge in [-0.25, -0.2) is 4.79 Å². The molecular formula is C13H8BrClN2O4. The van der Waals surface area contributed by atoms with Gasteiger partial charge < -0.3 is 10.4 Å². The van der Waals surface area contributed by atoms with Gasteiger partial charge in [-0.05, 0) is 46.3 Å². The topological polar surface area (TPSA) is 92.5 Å². The van der Waals surface area contributed by atoms with Gasteiger partial charge in [-0.1, -0.05) is 11.6 Å². The van der Waals surface area contributed by atoms with Crippen molar-refractivity contribution in [3.63, 3.8) is 0 Å². The second-order valence-electron chi connectivity index (χ2n) is 4.05. The summed E-state index contributed by atoms with van der Waals surface area (Å²) in [5.74, 6) is -1.36. The molecule has 2 rings (SSSR count). The summed E-state index contributed by atoms with van der Waals surface area (Å²) in [6, 6.07) is 8.88. The Balaban J connectivity index is 2.36. The second kappa shape index (κ2) is 6.11. The first kappa shape index (κ1) is 15.3. The lowest BCUT2D eigenvalue weighted by molar-refractivity contribution is -0.385. The molecule has 0 aromatic heterocycles. The number of anilines is 2. The fraction of sp³-hybridized carbons (Fsp3) is 0. The van der Waals surface area contributed by atoms with Gasteiger partial charge in [-0.2, -0.15) is 0 Å². The number of rotatable bonds is 4. The van der Waals surface area contributed by atoms with Crippen LogP contribution in [0.25, 0.3) is 0 Å². The minimum Gasteiger partial charge on any atom is -0.477 e. The Hall–Kier alpha value is -2.12. The molecule has 2 aromatic rings. The van der Waals surface area contributed by atoms with Crippen molar-refractivity contribution in [2.75, 3.05) is 5.32 Å². The molecule has 0 heterocycles. The van der Waals surface area contributed by atoms with Crippen LogP contribution in [-0.2, 0) is 0 Å². The van der Waals surface area contributed by atoms with Gasteiger partial charge in [-0.3, -0.25) is 10.1 Å². The molecular weight excluding hydrogens is 364 g/mol. The summed E-state index contributed by atoms with van der Waals surface area (Å²) in [6.45, 7) is 0. The average molecular weight is 372 g/mol. The van der Waals surface area contributed by atoms with Crippen LogP contribution < -0.4 is 5.32 Å². The van der Waals surface area contributed by atoms with E-state index in [1.54, 1.807) is 18.2 Å². The average Bonchev–Trinajstić information content (AvgIpc) is 2.42. The van der Waals surface area contributed by atoms with Gasteiger partial charge >= 0.3 is 5.97 Å². The van der Waals surface area contributed by atoms with Crippen molar-refractivity contribution in [1.29, 1.82) is 0 Å². The normalized spacial score (nSPS) is 10.2. The van der Waals surface area contributed by atoms with E-state index in [2.05, 4.69) is 21.2 Å². The molecule has 8 heteroatoms. The summed E-state index contributed by atoms with van der Waals surface area (Å²) in [7, 11) is 0. The molecule has 21 heavy (non-hydrogen) atoms. The third-order valence-electron chi connectivity index (χ3n) is 2.63. The van der Waals surface area contributed by atoms with Gasteiger partial charge in [0.25, 0.3) is 5.69 Å². The highest BCUT2D eigenvalue weighted by molar-refractivity contribution is 9.10. The Morgan fingerprint density at radius 2 is 1.86 bits per heavy atom. The number of hydrogen-bond acceptors (Lipinski definition) is 4. The summed E-state index contributed by atoms with van der Waals surface area (Å²) in [5.41, 5.74) is 0.257. The van der Waals surface area contributed by atoms with Crippen LogP contribution in [0.2, 0.25) is 5.02 Å². The van der Waals surface area contributed by atoms with Crippen molar-refractivity contribution in [3.05, 3.63) is 61.6 Å². The van der Waals surface area contributed by atoms with E-state index in [0.717, 1.165) is 6.07 Å². The molecule has 0 bridgehead atoms. The van der Waals surface area contributed by atoms with Crippen LogP contribution in [0.4, 0.5) is 17.1 Å². The predicted octanol–water partition coefficient (Wildman–Crippen LogP) is 4.45. The molecule has 6 nitrogen and oxygen atoms in total. The first-order valence-corrected chi connectivity index (χ1v) is 6.79. The highest BCUT2D eigenvalue weighted by Gasteiger charge is 2.19. The van der Waals surface area contributed by atoms with Gasteiger partial charge in [-0.15, -0.1) is 0 Å². The molecule has 2 aromatic carbocycles. The maximum atomic E-state index is 11.1. The van der Waals surface area contributed by atoms with E-state index in [1.165, 1.54) is 12.1 Å². The molecule has 0 unspecified atom stereocenters. The number of hydrogen-bond donors (Lipinski definition) is 2. The molecule has 0 fully saturated rings. The zero-order valence-electron chi connectivity index (χ0n) is 10.3. The Morgan fingerprint density at radius 3 is 2.43 bits per heavy atom. The molecule has 0 amide bonds. The maximum absolute atomic E-state index is 11.1. The number of carboxylic acids is 1. The molecule has 108 valence electrons. The molecule has 0 radical (unpaired) electrons. The fourth-order valence-corrected chi connectivity index (χ4v) is 2.18. The first-order chi connectivity index (χ1) is 9.88. The lowest BCUT2D eigenvalue weighted by atomic mass is 10.1. The van der Waals surface area contributed by atoms with Crippen LogP contribution in [0.15, 0.2) is 40.9 Å². The van der Waals surface area contributed by atoms with Crippen LogP contribution in [0.3, 0.4) is 0 Å². The summed E-state index contributed by atoms with van der Waals surface area (Å²) in [5, 5.41) is 23.3. The van der Waals surface area contributed by atoms with Crippen LogP contribution in [0.5, 0.6) is 0 Å². The Bertz CT molecular complexity index is 736. The van der Waals surface area contributed by atoms with Crippen LogP contribution in [0, 0.1) is 10.1 Å². The molecule has 0 aliphatic carbocycles. The Morgan fingerprint density at radius 1 is 1.24 bits per heavy atom. The maximum Gasteiger partial charge on any atom is 0.342 e. The number of carboxylic acid groups (broad SMARTS) is 1. The molecule has 0 spiro atoms. The van der Waals surface area contributed by atoms with Gasteiger partial charge in [0.05, 0.1) is 9.95 Å². The summed E-state index contributed by atoms with van der Waals surface area (Å²) in [6.07, 6.45) is 0. The lowest BCUT2D eigenvalue weighted by Gasteiger charge is -2.08. The van der Waals surface area contributed by atoms with E-state index in [9.17, 15) is 14.9 Å². The van der Waals surface area contributed by atoms with Crippen molar-refractivity contribution in [2.45, 2.75) is 0 Å². The molecule has 0 saturated carbocycles. The third-order valence-corrected chi connectivity index (χ3v) is 3.85. The standard InChI is InChI=1S/C13H8BrClN2O4/c14-10-6-8(1-3-11(10)15)16-7-2-4-12(17(20)21)9(5-7)13(18)19/h1-6,16H,(H,18,19). The molecule has 0 aliphatic rings. The highest BCUT2D eigenvalue weighted by Crippen LogP contribution is 2.29. The zero-order chi connectivity index (χ0) is 15.6. The van der Waals surface area contributed by atoms with E-state index in [4.69, 9.17) is 16.7 Å². The van der Waals surface area contributed by atoms with Crippen molar-refractivity contribution >= 4 is 50.6 Å². The zero-order valence-corrected chi connectivity index (χ0v) is 12.7. The van der Waals surface area contributed by atoms with Crippen LogP contribution in [-0.4, -0.2) is 16.0 Å². The number of nitrogens with zero attached hydrogens (tertiary/aromatic N) is 1. The van der Waals surface area contributed by atoms with E-state index < -0.39 is 16.6 Å². The number of carbonyl (C=O) groups is 1. The van der Waals surface area contributed by atoms with Gasteiger partial charge in [0, 0.05) is 21.9 Å². The number of aromatic carboxylic acids is 1. The van der Waals surface area contributed by atoms with E-state index in [-0.39, 0.29) is 5.56 Å². The smallest absolute Gasteiger partial charge is 0.342 e. The largest absolute Gasteiger partial charge is 0.477 e. The Labute approximate surface area is 132 Å². The van der Waals surface area contributed by atoms with Gasteiger partial charge in [0.2, 0.25) is 0 Å². The van der Waals surface area contributed by atoms with Gasteiger partial charge in [0.15, 0.2) is 0 Å². The minimum absolute atomic E-state index is 0.377. The predicted molar refractivity (Wildman–Crippen MR) is 82.5 cm³/mol. The SMILES string of the molecule is O=C(O)c1cc(Nc2ccc(Cl)c(Br)c2)ccc1[N+](=O)[O-]. The number of nitro benzene ring substituents is 1. The van der Waals surface area contributed by atoms with E-state index in [1.807, 2.05) is 0 Å².